The number of hydrogen-bond acceptors (Lipinski definition) is 7. The molecule has 0 aromatic carbocycles. The highest BCUT2D eigenvalue weighted by atomic mass is 16.6. The lowest BCUT2D eigenvalue weighted by atomic mass is 10.7. The predicted molar refractivity (Wildman–Crippen MR) is 60.2 cm³/mol. The second-order valence-corrected chi connectivity index (χ2v) is 3.25. The first-order valence-electron chi connectivity index (χ1n) is 5.77. The highest BCUT2D eigenvalue weighted by Crippen LogP contribution is 1.82. The highest BCUT2D eigenvalue weighted by molar-refractivity contribution is 5.65. The van der Waals surface area contributed by atoms with E-state index < -0.39 is 12.6 Å². The molecule has 108 valence electrons. The topological polar surface area (TPSA) is 86.3 Å². The van der Waals surface area contributed by atoms with E-state index in [4.69, 9.17) is 23.7 Å². The number of rotatable bonds is 14. The van der Waals surface area contributed by atoms with Crippen molar-refractivity contribution < 1.29 is 33.6 Å². The Morgan fingerprint density at radius 1 is 0.778 bits per heavy atom. The second kappa shape index (κ2) is 14.3. The Bertz CT molecular complexity index is 186. The van der Waals surface area contributed by atoms with Crippen LogP contribution in [0, 0.1) is 0 Å². The SMILES string of the molecule is COCCOCCOCCOCCOCC(=O)[O-]. The van der Waals surface area contributed by atoms with Gasteiger partial charge in [0.2, 0.25) is 0 Å². The van der Waals surface area contributed by atoms with Crippen LogP contribution in [0.2, 0.25) is 0 Å². The summed E-state index contributed by atoms with van der Waals surface area (Å²) < 4.78 is 25.1. The van der Waals surface area contributed by atoms with Crippen molar-refractivity contribution in [3.63, 3.8) is 0 Å². The van der Waals surface area contributed by atoms with E-state index in [1.165, 1.54) is 0 Å². The maximum atomic E-state index is 9.98. The first-order chi connectivity index (χ1) is 8.77. The summed E-state index contributed by atoms with van der Waals surface area (Å²) in [5, 5.41) is 9.98. The van der Waals surface area contributed by atoms with E-state index in [1.54, 1.807) is 7.11 Å². The zero-order valence-corrected chi connectivity index (χ0v) is 10.7. The smallest absolute Gasteiger partial charge is 0.0862 e. The standard InChI is InChI=1S/C11H22O7/c1-14-2-3-15-4-5-16-6-7-17-8-9-18-10-11(12)13/h2-10H2,1H3,(H,12,13)/p-1. The van der Waals surface area contributed by atoms with Gasteiger partial charge in [-0.05, 0) is 0 Å². The molecule has 0 fully saturated rings. The molecular formula is C11H21O7-. The van der Waals surface area contributed by atoms with Gasteiger partial charge in [0.1, 0.15) is 0 Å². The molecule has 0 saturated heterocycles. The van der Waals surface area contributed by atoms with Crippen LogP contribution in [0.1, 0.15) is 0 Å². The Balaban J connectivity index is 2.92. The predicted octanol–water partition coefficient (Wildman–Crippen LogP) is -1.55. The second-order valence-electron chi connectivity index (χ2n) is 3.25. The normalized spacial score (nSPS) is 10.7. The zero-order chi connectivity index (χ0) is 13.5. The Hall–Kier alpha value is -0.730. The molecule has 0 amide bonds. The van der Waals surface area contributed by atoms with Crippen LogP contribution in [0.3, 0.4) is 0 Å². The summed E-state index contributed by atoms with van der Waals surface area (Å²) in [6, 6.07) is 0. The molecule has 0 aliphatic heterocycles. The molecule has 0 N–H and O–H groups in total. The Kier molecular flexibility index (Phi) is 13.8. The third-order valence-corrected chi connectivity index (χ3v) is 1.77. The number of carboxylic acids is 1. The molecule has 0 aromatic heterocycles. The van der Waals surface area contributed by atoms with Gasteiger partial charge in [0, 0.05) is 7.11 Å². The summed E-state index contributed by atoms with van der Waals surface area (Å²) in [6.07, 6.45) is 0. The Labute approximate surface area is 107 Å². The van der Waals surface area contributed by atoms with E-state index in [1.807, 2.05) is 0 Å². The van der Waals surface area contributed by atoms with Gasteiger partial charge in [0.15, 0.2) is 0 Å². The molecule has 0 radical (unpaired) electrons. The van der Waals surface area contributed by atoms with E-state index in [-0.39, 0.29) is 6.61 Å². The zero-order valence-electron chi connectivity index (χ0n) is 10.7. The van der Waals surface area contributed by atoms with Gasteiger partial charge in [-0.1, -0.05) is 0 Å². The fourth-order valence-corrected chi connectivity index (χ4v) is 0.958. The Morgan fingerprint density at radius 3 is 1.56 bits per heavy atom. The van der Waals surface area contributed by atoms with Crippen molar-refractivity contribution in [2.24, 2.45) is 0 Å². The van der Waals surface area contributed by atoms with Gasteiger partial charge < -0.3 is 33.6 Å². The molecule has 0 rings (SSSR count). The van der Waals surface area contributed by atoms with Crippen LogP contribution in [0.4, 0.5) is 0 Å². The van der Waals surface area contributed by atoms with Crippen LogP contribution in [0.15, 0.2) is 0 Å². The summed E-state index contributed by atoms with van der Waals surface area (Å²) >= 11 is 0. The first kappa shape index (κ1) is 17.3. The molecule has 0 heterocycles. The fourth-order valence-electron chi connectivity index (χ4n) is 0.958. The fraction of sp³-hybridized carbons (Fsp3) is 0.909. The highest BCUT2D eigenvalue weighted by Gasteiger charge is 1.92. The van der Waals surface area contributed by atoms with Crippen LogP contribution in [-0.2, 0) is 28.5 Å². The summed E-state index contributed by atoms with van der Waals surface area (Å²) in [4.78, 5) is 9.98. The molecule has 7 nitrogen and oxygen atoms in total. The van der Waals surface area contributed by atoms with Crippen molar-refractivity contribution in [1.82, 2.24) is 0 Å². The van der Waals surface area contributed by atoms with Crippen LogP contribution in [0.5, 0.6) is 0 Å². The van der Waals surface area contributed by atoms with Crippen molar-refractivity contribution >= 4 is 5.97 Å². The number of carboxylic acid groups (broad SMARTS) is 1. The molecule has 7 heteroatoms. The summed E-state index contributed by atoms with van der Waals surface area (Å²) in [6.45, 7) is 3.24. The average molecular weight is 265 g/mol. The minimum Gasteiger partial charge on any atom is -0.548 e. The van der Waals surface area contributed by atoms with Crippen molar-refractivity contribution in [3.8, 4) is 0 Å². The monoisotopic (exact) mass is 265 g/mol. The molecular weight excluding hydrogens is 244 g/mol. The lowest BCUT2D eigenvalue weighted by molar-refractivity contribution is -0.309. The quantitative estimate of drug-likeness (QED) is 0.351. The maximum absolute atomic E-state index is 9.98. The van der Waals surface area contributed by atoms with Crippen LogP contribution in [-0.4, -0.2) is 72.5 Å². The van der Waals surface area contributed by atoms with Gasteiger partial charge in [-0.25, -0.2) is 0 Å². The summed E-state index contributed by atoms with van der Waals surface area (Å²) in [5.41, 5.74) is 0. The van der Waals surface area contributed by atoms with Gasteiger partial charge in [0.05, 0.1) is 65.4 Å². The maximum Gasteiger partial charge on any atom is 0.0862 e. The van der Waals surface area contributed by atoms with E-state index >= 15 is 0 Å². The van der Waals surface area contributed by atoms with E-state index in [2.05, 4.69) is 0 Å². The van der Waals surface area contributed by atoms with Gasteiger partial charge in [0.25, 0.3) is 0 Å². The minimum atomic E-state index is -1.23. The number of carbonyl (C=O) groups excluding carboxylic acids is 1. The number of aliphatic carboxylic acids is 1. The largest absolute Gasteiger partial charge is 0.548 e. The van der Waals surface area contributed by atoms with Gasteiger partial charge in [-0.2, -0.15) is 0 Å². The number of hydrogen-bond donors (Lipinski definition) is 0. The van der Waals surface area contributed by atoms with E-state index in [0.29, 0.717) is 46.2 Å². The van der Waals surface area contributed by atoms with Gasteiger partial charge in [-0.15, -0.1) is 0 Å². The number of ether oxygens (including phenoxy) is 5. The molecule has 0 atom stereocenters. The third kappa shape index (κ3) is 15.3. The molecule has 0 unspecified atom stereocenters. The van der Waals surface area contributed by atoms with Crippen LogP contribution >= 0.6 is 0 Å². The molecule has 0 bridgehead atoms. The molecule has 0 spiro atoms. The van der Waals surface area contributed by atoms with Gasteiger partial charge in [-0.3, -0.25) is 0 Å². The van der Waals surface area contributed by atoms with Gasteiger partial charge >= 0.3 is 0 Å². The van der Waals surface area contributed by atoms with Crippen molar-refractivity contribution in [2.75, 3.05) is 66.6 Å². The minimum absolute atomic E-state index is 0.230. The lowest BCUT2D eigenvalue weighted by Crippen LogP contribution is -2.28. The van der Waals surface area contributed by atoms with E-state index in [9.17, 15) is 9.90 Å². The molecule has 18 heavy (non-hydrogen) atoms. The van der Waals surface area contributed by atoms with E-state index in [0.717, 1.165) is 0 Å². The summed E-state index contributed by atoms with van der Waals surface area (Å²) in [7, 11) is 1.62. The number of methoxy groups -OCH3 is 1. The van der Waals surface area contributed by atoms with Crippen LogP contribution < -0.4 is 5.11 Å². The average Bonchev–Trinajstić information content (AvgIpc) is 2.34. The third-order valence-electron chi connectivity index (χ3n) is 1.77. The number of carbonyl (C=O) groups is 1. The Morgan fingerprint density at radius 2 is 1.17 bits per heavy atom. The van der Waals surface area contributed by atoms with Crippen molar-refractivity contribution in [2.45, 2.75) is 0 Å². The lowest BCUT2D eigenvalue weighted by Gasteiger charge is -2.07. The molecule has 0 aromatic rings. The molecule has 0 saturated carbocycles. The first-order valence-corrected chi connectivity index (χ1v) is 5.77. The van der Waals surface area contributed by atoms with Crippen LogP contribution in [0.25, 0.3) is 0 Å². The summed E-state index contributed by atoms with van der Waals surface area (Å²) in [5.74, 6) is -1.23. The molecule has 0 aliphatic rings. The van der Waals surface area contributed by atoms with Crippen molar-refractivity contribution in [3.05, 3.63) is 0 Å². The molecule has 0 aliphatic carbocycles. The van der Waals surface area contributed by atoms with Crippen molar-refractivity contribution in [1.29, 1.82) is 0 Å².